The Kier molecular flexibility index (Phi) is 3.87. The molecule has 3 atom stereocenters. The largest absolute Gasteiger partial charge is 0.478 e. The van der Waals surface area contributed by atoms with Gasteiger partial charge < -0.3 is 10.1 Å². The van der Waals surface area contributed by atoms with Crippen LogP contribution < -0.4 is 10.1 Å². The number of rotatable bonds is 4. The molecule has 0 aliphatic heterocycles. The molecular formula is C14H22N2O. The average Bonchev–Trinajstić information content (AvgIpc) is 2.62. The van der Waals surface area contributed by atoms with Crippen LogP contribution in [0.5, 0.6) is 5.88 Å². The maximum Gasteiger partial charge on any atom is 0.215 e. The van der Waals surface area contributed by atoms with Crippen molar-refractivity contribution < 1.29 is 4.74 Å². The molecule has 1 fully saturated rings. The lowest BCUT2D eigenvalue weighted by molar-refractivity contribution is 0.327. The van der Waals surface area contributed by atoms with Crippen molar-refractivity contribution in [2.75, 3.05) is 11.9 Å². The van der Waals surface area contributed by atoms with Gasteiger partial charge in [0.25, 0.3) is 0 Å². The van der Waals surface area contributed by atoms with Crippen LogP contribution in [0.2, 0.25) is 0 Å². The SMILES string of the molecule is CCOc1cccc(NC2CCC(C)C2C)n1. The minimum absolute atomic E-state index is 0.550. The maximum atomic E-state index is 5.41. The Morgan fingerprint density at radius 2 is 2.18 bits per heavy atom. The van der Waals surface area contributed by atoms with Gasteiger partial charge in [0.2, 0.25) is 5.88 Å². The van der Waals surface area contributed by atoms with Crippen LogP contribution in [-0.2, 0) is 0 Å². The fourth-order valence-electron chi connectivity index (χ4n) is 2.48. The highest BCUT2D eigenvalue weighted by Crippen LogP contribution is 2.33. The Balaban J connectivity index is 2.01. The molecule has 0 radical (unpaired) electrons. The number of pyridine rings is 1. The molecule has 1 heterocycles. The molecule has 0 saturated heterocycles. The predicted octanol–water partition coefficient (Wildman–Crippen LogP) is 3.33. The molecule has 0 amide bonds. The summed E-state index contributed by atoms with van der Waals surface area (Å²) in [4.78, 5) is 4.45. The van der Waals surface area contributed by atoms with E-state index in [1.54, 1.807) is 0 Å². The maximum absolute atomic E-state index is 5.41. The third kappa shape index (κ3) is 2.90. The molecule has 3 nitrogen and oxygen atoms in total. The first kappa shape index (κ1) is 12.2. The summed E-state index contributed by atoms with van der Waals surface area (Å²) in [5, 5.41) is 3.53. The Morgan fingerprint density at radius 3 is 2.82 bits per heavy atom. The van der Waals surface area contributed by atoms with E-state index < -0.39 is 0 Å². The van der Waals surface area contributed by atoms with Crippen LogP contribution in [0, 0.1) is 11.8 Å². The fourth-order valence-corrected chi connectivity index (χ4v) is 2.48. The number of anilines is 1. The van der Waals surface area contributed by atoms with Crippen LogP contribution >= 0.6 is 0 Å². The van der Waals surface area contributed by atoms with E-state index in [2.05, 4.69) is 24.1 Å². The molecule has 0 spiro atoms. The van der Waals surface area contributed by atoms with E-state index in [0.717, 1.165) is 11.7 Å². The number of hydrogen-bond donors (Lipinski definition) is 1. The summed E-state index contributed by atoms with van der Waals surface area (Å²) >= 11 is 0. The molecule has 3 unspecified atom stereocenters. The highest BCUT2D eigenvalue weighted by atomic mass is 16.5. The second-order valence-corrected chi connectivity index (χ2v) is 4.96. The highest BCUT2D eigenvalue weighted by Gasteiger charge is 2.29. The van der Waals surface area contributed by atoms with Gasteiger partial charge in [0, 0.05) is 12.1 Å². The van der Waals surface area contributed by atoms with Gasteiger partial charge in [-0.15, -0.1) is 0 Å². The van der Waals surface area contributed by atoms with Gasteiger partial charge in [-0.3, -0.25) is 0 Å². The average molecular weight is 234 g/mol. The molecule has 0 bridgehead atoms. The summed E-state index contributed by atoms with van der Waals surface area (Å²) in [7, 11) is 0. The Morgan fingerprint density at radius 1 is 1.35 bits per heavy atom. The molecule has 94 valence electrons. The van der Waals surface area contributed by atoms with E-state index in [9.17, 15) is 0 Å². The number of ether oxygens (including phenoxy) is 1. The summed E-state index contributed by atoms with van der Waals surface area (Å²) < 4.78 is 5.41. The van der Waals surface area contributed by atoms with E-state index >= 15 is 0 Å². The van der Waals surface area contributed by atoms with Gasteiger partial charge in [-0.1, -0.05) is 19.9 Å². The molecule has 17 heavy (non-hydrogen) atoms. The van der Waals surface area contributed by atoms with Crippen LogP contribution in [0.15, 0.2) is 18.2 Å². The van der Waals surface area contributed by atoms with Crippen molar-refractivity contribution in [3.8, 4) is 5.88 Å². The normalized spacial score (nSPS) is 28.1. The van der Waals surface area contributed by atoms with Crippen molar-refractivity contribution >= 4 is 5.82 Å². The van der Waals surface area contributed by atoms with Gasteiger partial charge in [-0.2, -0.15) is 4.98 Å². The summed E-state index contributed by atoms with van der Waals surface area (Å²) in [5.74, 6) is 3.16. The summed E-state index contributed by atoms with van der Waals surface area (Å²) in [6, 6.07) is 6.45. The smallest absolute Gasteiger partial charge is 0.215 e. The number of aromatic nitrogens is 1. The molecule has 1 aromatic heterocycles. The van der Waals surface area contributed by atoms with E-state index in [1.165, 1.54) is 12.8 Å². The number of hydrogen-bond acceptors (Lipinski definition) is 3. The van der Waals surface area contributed by atoms with Gasteiger partial charge in [-0.05, 0) is 37.7 Å². The van der Waals surface area contributed by atoms with Gasteiger partial charge in [0.15, 0.2) is 0 Å². The molecule has 2 rings (SSSR count). The molecule has 1 saturated carbocycles. The minimum atomic E-state index is 0.550. The topological polar surface area (TPSA) is 34.1 Å². The van der Waals surface area contributed by atoms with E-state index in [-0.39, 0.29) is 0 Å². The van der Waals surface area contributed by atoms with Crippen LogP contribution in [0.1, 0.15) is 33.6 Å². The number of nitrogens with zero attached hydrogens (tertiary/aromatic N) is 1. The van der Waals surface area contributed by atoms with Crippen molar-refractivity contribution in [3.63, 3.8) is 0 Å². The fraction of sp³-hybridized carbons (Fsp3) is 0.643. The lowest BCUT2D eigenvalue weighted by Crippen LogP contribution is -2.24. The second kappa shape index (κ2) is 5.39. The van der Waals surface area contributed by atoms with Gasteiger partial charge in [-0.25, -0.2) is 0 Å². The quantitative estimate of drug-likeness (QED) is 0.867. The molecule has 1 N–H and O–H groups in total. The van der Waals surface area contributed by atoms with E-state index in [0.29, 0.717) is 24.4 Å². The Hall–Kier alpha value is -1.25. The first-order valence-electron chi connectivity index (χ1n) is 6.57. The molecule has 3 heteroatoms. The van der Waals surface area contributed by atoms with Crippen molar-refractivity contribution in [1.29, 1.82) is 0 Å². The second-order valence-electron chi connectivity index (χ2n) is 4.96. The van der Waals surface area contributed by atoms with Gasteiger partial charge in [0.1, 0.15) is 5.82 Å². The lowest BCUT2D eigenvalue weighted by Gasteiger charge is -2.20. The molecule has 1 aliphatic rings. The Bertz CT molecular complexity index is 367. The van der Waals surface area contributed by atoms with Crippen LogP contribution in [0.3, 0.4) is 0 Å². The van der Waals surface area contributed by atoms with Crippen molar-refractivity contribution in [1.82, 2.24) is 4.98 Å². The van der Waals surface area contributed by atoms with E-state index in [4.69, 9.17) is 4.74 Å². The number of nitrogens with one attached hydrogen (secondary N) is 1. The van der Waals surface area contributed by atoms with Gasteiger partial charge in [0.05, 0.1) is 6.61 Å². The Labute approximate surface area is 104 Å². The zero-order chi connectivity index (χ0) is 12.3. The van der Waals surface area contributed by atoms with Crippen molar-refractivity contribution in [2.24, 2.45) is 11.8 Å². The summed E-state index contributed by atoms with van der Waals surface area (Å²) in [6.45, 7) is 7.29. The lowest BCUT2D eigenvalue weighted by atomic mass is 9.98. The van der Waals surface area contributed by atoms with Crippen molar-refractivity contribution in [3.05, 3.63) is 18.2 Å². The third-order valence-electron chi connectivity index (χ3n) is 3.81. The zero-order valence-corrected chi connectivity index (χ0v) is 10.9. The monoisotopic (exact) mass is 234 g/mol. The summed E-state index contributed by atoms with van der Waals surface area (Å²) in [5.41, 5.74) is 0. The first-order valence-corrected chi connectivity index (χ1v) is 6.57. The summed E-state index contributed by atoms with van der Waals surface area (Å²) in [6.07, 6.45) is 2.55. The van der Waals surface area contributed by atoms with Crippen LogP contribution in [0.4, 0.5) is 5.82 Å². The molecule has 0 aromatic carbocycles. The standard InChI is InChI=1S/C14H22N2O/c1-4-17-14-7-5-6-13(16-14)15-12-9-8-10(2)11(12)3/h5-7,10-12H,4,8-9H2,1-3H3,(H,15,16). The van der Waals surface area contributed by atoms with Gasteiger partial charge >= 0.3 is 0 Å². The minimum Gasteiger partial charge on any atom is -0.478 e. The van der Waals surface area contributed by atoms with Crippen LogP contribution in [-0.4, -0.2) is 17.6 Å². The first-order chi connectivity index (χ1) is 8.20. The third-order valence-corrected chi connectivity index (χ3v) is 3.81. The molecular weight excluding hydrogens is 212 g/mol. The van der Waals surface area contributed by atoms with Crippen LogP contribution in [0.25, 0.3) is 0 Å². The predicted molar refractivity (Wildman–Crippen MR) is 70.4 cm³/mol. The zero-order valence-electron chi connectivity index (χ0n) is 10.9. The molecule has 1 aromatic rings. The van der Waals surface area contributed by atoms with E-state index in [1.807, 2.05) is 25.1 Å². The van der Waals surface area contributed by atoms with Crippen molar-refractivity contribution in [2.45, 2.75) is 39.7 Å². The highest BCUT2D eigenvalue weighted by molar-refractivity contribution is 5.38. The molecule has 1 aliphatic carbocycles.